The molecule has 7 heteroatoms. The second-order valence-corrected chi connectivity index (χ2v) is 9.05. The lowest BCUT2D eigenvalue weighted by molar-refractivity contribution is 0.0939. The minimum Gasteiger partial charge on any atom is -0.350 e. The molecular formula is C25H25ClN4OS. The molecule has 0 aliphatic carbocycles. The molecule has 1 atom stereocenters. The Kier molecular flexibility index (Phi) is 7.12. The van der Waals surface area contributed by atoms with Gasteiger partial charge in [-0.3, -0.25) is 9.78 Å². The SMILES string of the molecule is CCC(C)NC(=O)c1ccc(Cn2c(SCc3ccccc3Cl)nc3ccncc32)cc1. The van der Waals surface area contributed by atoms with Crippen molar-refractivity contribution in [3.05, 3.63) is 88.7 Å². The fourth-order valence-corrected chi connectivity index (χ4v) is 4.62. The molecule has 2 aromatic carbocycles. The molecule has 0 fully saturated rings. The predicted octanol–water partition coefficient (Wildman–Crippen LogP) is 5.95. The van der Waals surface area contributed by atoms with E-state index in [4.69, 9.17) is 16.6 Å². The molecule has 2 heterocycles. The maximum Gasteiger partial charge on any atom is 0.251 e. The molecule has 4 aromatic rings. The lowest BCUT2D eigenvalue weighted by atomic mass is 10.1. The first-order chi connectivity index (χ1) is 15.5. The van der Waals surface area contributed by atoms with Crippen molar-refractivity contribution in [2.24, 2.45) is 0 Å². The summed E-state index contributed by atoms with van der Waals surface area (Å²) in [6.45, 7) is 4.70. The molecule has 0 radical (unpaired) electrons. The minimum atomic E-state index is -0.0424. The third-order valence-electron chi connectivity index (χ3n) is 5.38. The van der Waals surface area contributed by atoms with Gasteiger partial charge < -0.3 is 9.88 Å². The van der Waals surface area contributed by atoms with Crippen LogP contribution in [-0.4, -0.2) is 26.5 Å². The first-order valence-corrected chi connectivity index (χ1v) is 12.0. The number of hydrogen-bond acceptors (Lipinski definition) is 4. The number of carbonyl (C=O) groups is 1. The highest BCUT2D eigenvalue weighted by atomic mass is 35.5. The van der Waals surface area contributed by atoms with Crippen LogP contribution in [-0.2, 0) is 12.3 Å². The number of benzene rings is 2. The Morgan fingerprint density at radius 2 is 1.94 bits per heavy atom. The average molecular weight is 465 g/mol. The Balaban J connectivity index is 1.56. The van der Waals surface area contributed by atoms with Gasteiger partial charge >= 0.3 is 0 Å². The number of halogens is 1. The molecule has 1 unspecified atom stereocenters. The van der Waals surface area contributed by atoms with Crippen LogP contribution in [0.2, 0.25) is 5.02 Å². The van der Waals surface area contributed by atoms with Crippen molar-refractivity contribution < 1.29 is 4.79 Å². The van der Waals surface area contributed by atoms with E-state index < -0.39 is 0 Å². The quantitative estimate of drug-likeness (QED) is 0.327. The summed E-state index contributed by atoms with van der Waals surface area (Å²) in [5.74, 6) is 0.685. The maximum atomic E-state index is 12.4. The molecule has 0 spiro atoms. The van der Waals surface area contributed by atoms with Gasteiger partial charge in [-0.05, 0) is 48.7 Å². The molecule has 2 aromatic heterocycles. The number of nitrogens with zero attached hydrogens (tertiary/aromatic N) is 3. The standard InChI is InChI=1S/C25H25ClN4OS/c1-3-17(2)28-24(31)19-10-8-18(9-11-19)15-30-23-14-27-13-12-22(23)29-25(30)32-16-20-6-4-5-7-21(20)26/h4-14,17H,3,15-16H2,1-2H3,(H,28,31). The zero-order valence-corrected chi connectivity index (χ0v) is 19.7. The number of imidazole rings is 1. The van der Waals surface area contributed by atoms with Crippen LogP contribution in [0.15, 0.2) is 72.1 Å². The molecule has 0 bridgehead atoms. The topological polar surface area (TPSA) is 59.8 Å². The van der Waals surface area contributed by atoms with Gasteiger partial charge in [0.2, 0.25) is 0 Å². The summed E-state index contributed by atoms with van der Waals surface area (Å²) >= 11 is 7.99. The number of aromatic nitrogens is 3. The molecule has 32 heavy (non-hydrogen) atoms. The molecule has 0 aliphatic rings. The van der Waals surface area contributed by atoms with Crippen molar-refractivity contribution in [3.8, 4) is 0 Å². The van der Waals surface area contributed by atoms with Crippen LogP contribution in [0.1, 0.15) is 41.8 Å². The molecule has 4 rings (SSSR count). The van der Waals surface area contributed by atoms with Crippen LogP contribution >= 0.6 is 23.4 Å². The number of pyridine rings is 1. The van der Waals surface area contributed by atoms with Gasteiger partial charge in [0.25, 0.3) is 5.91 Å². The zero-order chi connectivity index (χ0) is 22.5. The number of thioether (sulfide) groups is 1. The lowest BCUT2D eigenvalue weighted by Gasteiger charge is -2.12. The van der Waals surface area contributed by atoms with Gasteiger partial charge in [0, 0.05) is 28.6 Å². The van der Waals surface area contributed by atoms with Crippen molar-refractivity contribution >= 4 is 40.3 Å². The van der Waals surface area contributed by atoms with Crippen LogP contribution in [0.25, 0.3) is 11.0 Å². The second-order valence-electron chi connectivity index (χ2n) is 7.70. The molecule has 164 valence electrons. The molecule has 1 amide bonds. The van der Waals surface area contributed by atoms with Crippen LogP contribution in [0.5, 0.6) is 0 Å². The van der Waals surface area contributed by atoms with Crippen molar-refractivity contribution in [3.63, 3.8) is 0 Å². The summed E-state index contributed by atoms with van der Waals surface area (Å²) in [5, 5.41) is 4.67. The average Bonchev–Trinajstić information content (AvgIpc) is 3.16. The van der Waals surface area contributed by atoms with Crippen LogP contribution in [0.4, 0.5) is 0 Å². The highest BCUT2D eigenvalue weighted by Gasteiger charge is 2.14. The van der Waals surface area contributed by atoms with Gasteiger partial charge in [0.1, 0.15) is 0 Å². The Morgan fingerprint density at radius 1 is 1.16 bits per heavy atom. The fourth-order valence-electron chi connectivity index (χ4n) is 3.32. The summed E-state index contributed by atoms with van der Waals surface area (Å²) in [4.78, 5) is 21.5. The normalized spacial score (nSPS) is 12.1. The Bertz CT molecular complexity index is 1220. The lowest BCUT2D eigenvalue weighted by Crippen LogP contribution is -2.31. The highest BCUT2D eigenvalue weighted by Crippen LogP contribution is 2.29. The van der Waals surface area contributed by atoms with E-state index in [0.717, 1.165) is 44.5 Å². The van der Waals surface area contributed by atoms with Gasteiger partial charge in [0.15, 0.2) is 5.16 Å². The molecular weight excluding hydrogens is 440 g/mol. The van der Waals surface area contributed by atoms with E-state index in [9.17, 15) is 4.79 Å². The van der Waals surface area contributed by atoms with E-state index in [1.165, 1.54) is 0 Å². The van der Waals surface area contributed by atoms with E-state index in [-0.39, 0.29) is 11.9 Å². The van der Waals surface area contributed by atoms with Crippen LogP contribution in [0.3, 0.4) is 0 Å². The van der Waals surface area contributed by atoms with Crippen molar-refractivity contribution in [1.82, 2.24) is 19.9 Å². The maximum absolute atomic E-state index is 12.4. The van der Waals surface area contributed by atoms with E-state index in [1.807, 2.05) is 67.7 Å². The summed E-state index contributed by atoms with van der Waals surface area (Å²) in [6.07, 6.45) is 4.50. The van der Waals surface area contributed by atoms with Crippen molar-refractivity contribution in [2.45, 2.75) is 43.8 Å². The van der Waals surface area contributed by atoms with Gasteiger partial charge in [-0.1, -0.05) is 60.6 Å². The smallest absolute Gasteiger partial charge is 0.251 e. The van der Waals surface area contributed by atoms with E-state index >= 15 is 0 Å². The summed E-state index contributed by atoms with van der Waals surface area (Å²) < 4.78 is 2.16. The third kappa shape index (κ3) is 5.14. The van der Waals surface area contributed by atoms with E-state index in [1.54, 1.807) is 18.0 Å². The van der Waals surface area contributed by atoms with Crippen molar-refractivity contribution in [1.29, 1.82) is 0 Å². The number of hydrogen-bond donors (Lipinski definition) is 1. The van der Waals surface area contributed by atoms with Gasteiger partial charge in [-0.15, -0.1) is 0 Å². The highest BCUT2D eigenvalue weighted by molar-refractivity contribution is 7.98. The number of nitrogens with one attached hydrogen (secondary N) is 1. The number of carbonyl (C=O) groups excluding carboxylic acids is 1. The minimum absolute atomic E-state index is 0.0424. The molecule has 0 aliphatic heterocycles. The first kappa shape index (κ1) is 22.4. The van der Waals surface area contributed by atoms with Gasteiger partial charge in [0.05, 0.1) is 23.8 Å². The first-order valence-electron chi connectivity index (χ1n) is 10.6. The number of amides is 1. The van der Waals surface area contributed by atoms with Gasteiger partial charge in [-0.25, -0.2) is 4.98 Å². The molecule has 1 N–H and O–H groups in total. The molecule has 0 saturated heterocycles. The zero-order valence-electron chi connectivity index (χ0n) is 18.1. The number of rotatable bonds is 8. The van der Waals surface area contributed by atoms with E-state index in [2.05, 4.69) is 21.8 Å². The van der Waals surface area contributed by atoms with E-state index in [0.29, 0.717) is 12.1 Å². The second kappa shape index (κ2) is 10.2. The summed E-state index contributed by atoms with van der Waals surface area (Å²) in [6, 6.07) is 17.7. The predicted molar refractivity (Wildman–Crippen MR) is 131 cm³/mol. The monoisotopic (exact) mass is 464 g/mol. The molecule has 0 saturated carbocycles. The molecule has 5 nitrogen and oxygen atoms in total. The Hall–Kier alpha value is -2.83. The summed E-state index contributed by atoms with van der Waals surface area (Å²) in [5.41, 5.74) is 4.72. The Labute approximate surface area is 197 Å². The van der Waals surface area contributed by atoms with Crippen LogP contribution < -0.4 is 5.32 Å². The Morgan fingerprint density at radius 3 is 2.69 bits per heavy atom. The third-order valence-corrected chi connectivity index (χ3v) is 6.77. The summed E-state index contributed by atoms with van der Waals surface area (Å²) in [7, 11) is 0. The van der Waals surface area contributed by atoms with Crippen LogP contribution in [0, 0.1) is 0 Å². The fraction of sp³-hybridized carbons (Fsp3) is 0.240. The van der Waals surface area contributed by atoms with Crippen molar-refractivity contribution in [2.75, 3.05) is 0 Å². The van der Waals surface area contributed by atoms with Gasteiger partial charge in [-0.2, -0.15) is 0 Å². The number of fused-ring (bicyclic) bond motifs is 1. The largest absolute Gasteiger partial charge is 0.350 e.